The Morgan fingerprint density at radius 3 is 2.32 bits per heavy atom. The van der Waals surface area contributed by atoms with E-state index in [1.807, 2.05) is 35.9 Å². The number of fused-ring (bicyclic) bond motifs is 1. The van der Waals surface area contributed by atoms with Crippen LogP contribution in [0.5, 0.6) is 0 Å². The summed E-state index contributed by atoms with van der Waals surface area (Å²) in [4.78, 5) is 4.57. The third-order valence-electron chi connectivity index (χ3n) is 4.71. The van der Waals surface area contributed by atoms with Gasteiger partial charge in [0.05, 0.1) is 17.0 Å². The van der Waals surface area contributed by atoms with Gasteiger partial charge in [0.25, 0.3) is 0 Å². The van der Waals surface area contributed by atoms with Gasteiger partial charge in [-0.2, -0.15) is 13.2 Å². The number of halogens is 3. The van der Waals surface area contributed by atoms with E-state index in [1.165, 1.54) is 0 Å². The lowest BCUT2D eigenvalue weighted by molar-refractivity contribution is -0.137. The average Bonchev–Trinajstić information content (AvgIpc) is 3.10. The van der Waals surface area contributed by atoms with Gasteiger partial charge in [-0.15, -0.1) is 0 Å². The summed E-state index contributed by atoms with van der Waals surface area (Å²) in [5.74, 6) is -0.432. The van der Waals surface area contributed by atoms with Gasteiger partial charge in [-0.25, -0.2) is 13.4 Å². The molecular weight excluding hydrogens is 427 g/mol. The molecule has 160 valence electrons. The Labute approximate surface area is 177 Å². The number of alkyl halides is 3. The number of nitrogens with one attached hydrogen (secondary N) is 1. The molecule has 5 nitrogen and oxygen atoms in total. The van der Waals surface area contributed by atoms with Crippen molar-refractivity contribution in [2.24, 2.45) is 0 Å². The fourth-order valence-corrected chi connectivity index (χ4v) is 4.36. The van der Waals surface area contributed by atoms with Gasteiger partial charge < -0.3 is 4.40 Å². The molecule has 0 spiro atoms. The normalized spacial score (nSPS) is 12.3. The number of aromatic nitrogens is 2. The summed E-state index contributed by atoms with van der Waals surface area (Å²) in [6.45, 7) is 1.99. The minimum absolute atomic E-state index is 0.261. The molecule has 31 heavy (non-hydrogen) atoms. The zero-order valence-electron chi connectivity index (χ0n) is 16.4. The van der Waals surface area contributed by atoms with Gasteiger partial charge >= 0.3 is 6.18 Å². The quantitative estimate of drug-likeness (QED) is 0.455. The van der Waals surface area contributed by atoms with E-state index in [2.05, 4.69) is 9.71 Å². The van der Waals surface area contributed by atoms with Crippen LogP contribution in [0.2, 0.25) is 0 Å². The topological polar surface area (TPSA) is 63.5 Å². The molecule has 2 aromatic carbocycles. The predicted octanol–water partition coefficient (Wildman–Crippen LogP) is 5.27. The van der Waals surface area contributed by atoms with Crippen LogP contribution in [0.1, 0.15) is 16.7 Å². The number of benzene rings is 2. The van der Waals surface area contributed by atoms with Crippen molar-refractivity contribution in [2.45, 2.75) is 18.9 Å². The number of imidazole rings is 1. The molecule has 0 saturated heterocycles. The first-order chi connectivity index (χ1) is 14.6. The highest BCUT2D eigenvalue weighted by Gasteiger charge is 2.30. The molecule has 2 heterocycles. The van der Waals surface area contributed by atoms with Gasteiger partial charge in [-0.05, 0) is 54.4 Å². The first-order valence-corrected chi connectivity index (χ1v) is 11.0. The summed E-state index contributed by atoms with van der Waals surface area (Å²) in [5.41, 5.74) is 3.29. The number of pyridine rings is 1. The van der Waals surface area contributed by atoms with Crippen LogP contribution in [-0.4, -0.2) is 17.8 Å². The van der Waals surface area contributed by atoms with Crippen molar-refractivity contribution in [1.29, 1.82) is 0 Å². The summed E-state index contributed by atoms with van der Waals surface area (Å²) in [7, 11) is -3.79. The molecule has 0 unspecified atom stereocenters. The van der Waals surface area contributed by atoms with Crippen molar-refractivity contribution in [3.8, 4) is 11.3 Å². The van der Waals surface area contributed by atoms with E-state index in [1.54, 1.807) is 24.3 Å². The lowest BCUT2D eigenvalue weighted by Crippen LogP contribution is -2.15. The average molecular weight is 445 g/mol. The van der Waals surface area contributed by atoms with Crippen molar-refractivity contribution in [1.82, 2.24) is 9.38 Å². The molecule has 0 amide bonds. The summed E-state index contributed by atoms with van der Waals surface area (Å²) < 4.78 is 67.1. The molecule has 0 aliphatic rings. The second-order valence-corrected chi connectivity index (χ2v) is 8.95. The Hall–Kier alpha value is -3.33. The first kappa shape index (κ1) is 20.9. The van der Waals surface area contributed by atoms with E-state index in [4.69, 9.17) is 0 Å². The van der Waals surface area contributed by atoms with E-state index >= 15 is 0 Å². The van der Waals surface area contributed by atoms with E-state index in [0.29, 0.717) is 5.69 Å². The standard InChI is InChI=1S/C22H18F3N3O2S/c1-15-10-11-28-13-20(26-21(28)12-15)17-4-8-19(9-5-17)27-31(29,30)14-16-2-6-18(7-3-16)22(23,24)25/h2-13,27H,14H2,1H3. The van der Waals surface area contributed by atoms with Gasteiger partial charge in [0.15, 0.2) is 0 Å². The molecular formula is C22H18F3N3O2S. The van der Waals surface area contributed by atoms with Gasteiger partial charge in [-0.1, -0.05) is 24.3 Å². The number of rotatable bonds is 5. The van der Waals surface area contributed by atoms with Crippen LogP contribution in [0.25, 0.3) is 16.9 Å². The van der Waals surface area contributed by atoms with Crippen LogP contribution >= 0.6 is 0 Å². The van der Waals surface area contributed by atoms with Crippen LogP contribution in [0.15, 0.2) is 73.1 Å². The SMILES string of the molecule is Cc1ccn2cc(-c3ccc(NS(=O)(=O)Cc4ccc(C(F)(F)F)cc4)cc3)nc2c1. The van der Waals surface area contributed by atoms with Gasteiger partial charge in [0, 0.05) is 23.6 Å². The van der Waals surface area contributed by atoms with E-state index in [-0.39, 0.29) is 5.56 Å². The number of anilines is 1. The van der Waals surface area contributed by atoms with E-state index in [0.717, 1.165) is 46.7 Å². The van der Waals surface area contributed by atoms with Crippen LogP contribution in [-0.2, 0) is 22.0 Å². The maximum Gasteiger partial charge on any atom is 0.416 e. The minimum Gasteiger partial charge on any atom is -0.306 e. The van der Waals surface area contributed by atoms with Crippen molar-refractivity contribution in [3.63, 3.8) is 0 Å². The molecule has 0 fully saturated rings. The number of hydrogen-bond donors (Lipinski definition) is 1. The third-order valence-corrected chi connectivity index (χ3v) is 5.97. The number of hydrogen-bond acceptors (Lipinski definition) is 3. The van der Waals surface area contributed by atoms with Gasteiger partial charge in [0.2, 0.25) is 10.0 Å². The lowest BCUT2D eigenvalue weighted by Gasteiger charge is -2.10. The van der Waals surface area contributed by atoms with Gasteiger partial charge in [0.1, 0.15) is 5.65 Å². The number of aryl methyl sites for hydroxylation is 1. The maximum absolute atomic E-state index is 12.6. The first-order valence-electron chi connectivity index (χ1n) is 9.31. The Morgan fingerprint density at radius 1 is 1.00 bits per heavy atom. The fourth-order valence-electron chi connectivity index (χ4n) is 3.16. The molecule has 4 aromatic rings. The molecule has 0 aliphatic carbocycles. The fraction of sp³-hybridized carbons (Fsp3) is 0.136. The molecule has 1 N–H and O–H groups in total. The molecule has 0 aliphatic heterocycles. The second kappa shape index (κ2) is 7.73. The molecule has 2 aromatic heterocycles. The van der Waals surface area contributed by atoms with Crippen molar-refractivity contribution in [2.75, 3.05) is 4.72 Å². The van der Waals surface area contributed by atoms with Crippen LogP contribution in [0.3, 0.4) is 0 Å². The zero-order valence-corrected chi connectivity index (χ0v) is 17.2. The highest BCUT2D eigenvalue weighted by molar-refractivity contribution is 7.91. The van der Waals surface area contributed by atoms with Crippen molar-refractivity contribution < 1.29 is 21.6 Å². The third kappa shape index (κ3) is 4.88. The zero-order chi connectivity index (χ0) is 22.2. The predicted molar refractivity (Wildman–Crippen MR) is 113 cm³/mol. The number of nitrogens with zero attached hydrogens (tertiary/aromatic N) is 2. The lowest BCUT2D eigenvalue weighted by atomic mass is 10.1. The highest BCUT2D eigenvalue weighted by atomic mass is 32.2. The number of sulfonamides is 1. The van der Waals surface area contributed by atoms with Crippen LogP contribution in [0, 0.1) is 6.92 Å². The molecule has 0 saturated carbocycles. The van der Waals surface area contributed by atoms with Crippen molar-refractivity contribution in [3.05, 3.63) is 89.7 Å². The monoisotopic (exact) mass is 445 g/mol. The summed E-state index contributed by atoms with van der Waals surface area (Å²) >= 11 is 0. The molecule has 0 bridgehead atoms. The smallest absolute Gasteiger partial charge is 0.306 e. The summed E-state index contributed by atoms with van der Waals surface area (Å²) in [6, 6.07) is 14.8. The maximum atomic E-state index is 12.6. The van der Waals surface area contributed by atoms with E-state index in [9.17, 15) is 21.6 Å². The molecule has 0 atom stereocenters. The second-order valence-electron chi connectivity index (χ2n) is 7.23. The molecule has 0 radical (unpaired) electrons. The Kier molecular flexibility index (Phi) is 5.22. The molecule has 4 rings (SSSR count). The highest BCUT2D eigenvalue weighted by Crippen LogP contribution is 2.29. The minimum atomic E-state index is -4.46. The Bertz CT molecular complexity index is 1330. The Morgan fingerprint density at radius 2 is 1.68 bits per heavy atom. The van der Waals surface area contributed by atoms with E-state index < -0.39 is 27.5 Å². The van der Waals surface area contributed by atoms with Crippen molar-refractivity contribution >= 4 is 21.4 Å². The Balaban J connectivity index is 1.47. The van der Waals surface area contributed by atoms with Crippen LogP contribution < -0.4 is 4.72 Å². The summed E-state index contributed by atoms with van der Waals surface area (Å²) in [5, 5.41) is 0. The summed E-state index contributed by atoms with van der Waals surface area (Å²) in [6.07, 6.45) is -0.652. The molecule has 9 heteroatoms. The van der Waals surface area contributed by atoms with Crippen LogP contribution in [0.4, 0.5) is 18.9 Å². The largest absolute Gasteiger partial charge is 0.416 e. The van der Waals surface area contributed by atoms with Gasteiger partial charge in [-0.3, -0.25) is 4.72 Å².